The molecule has 0 bridgehead atoms. The third-order valence-corrected chi connectivity index (χ3v) is 5.54. The van der Waals surface area contributed by atoms with Gasteiger partial charge in [-0.2, -0.15) is 0 Å². The number of carbonyl (C=O) groups excluding carboxylic acids is 2. The topological polar surface area (TPSA) is 61.4 Å². The Morgan fingerprint density at radius 2 is 1.80 bits per heavy atom. The number of hydrogen-bond donors (Lipinski definition) is 2. The van der Waals surface area contributed by atoms with Crippen LogP contribution in [0.3, 0.4) is 0 Å². The van der Waals surface area contributed by atoms with E-state index in [2.05, 4.69) is 17.6 Å². The number of anilines is 1. The molecule has 2 fully saturated rings. The molecule has 1 aromatic carbocycles. The van der Waals surface area contributed by atoms with E-state index in [0.29, 0.717) is 16.3 Å². The van der Waals surface area contributed by atoms with Crippen molar-refractivity contribution in [3.8, 4) is 0 Å². The molecule has 0 aromatic heterocycles. The van der Waals surface area contributed by atoms with Crippen LogP contribution in [0, 0.1) is 5.92 Å². The summed E-state index contributed by atoms with van der Waals surface area (Å²) >= 11 is 6.20. The van der Waals surface area contributed by atoms with Crippen molar-refractivity contribution in [3.05, 3.63) is 28.8 Å². The van der Waals surface area contributed by atoms with Crippen LogP contribution in [-0.2, 0) is 0 Å². The van der Waals surface area contributed by atoms with E-state index in [1.54, 1.807) is 18.2 Å². The summed E-state index contributed by atoms with van der Waals surface area (Å²) in [6.45, 7) is 3.84. The lowest BCUT2D eigenvalue weighted by atomic mass is 9.87. The SMILES string of the molecule is CC1CCC(NC(=O)Nc2cc(C(=O)N3CCCC3)ccc2Cl)CC1. The Bertz CT molecular complexity index is 636. The summed E-state index contributed by atoms with van der Waals surface area (Å²) in [5, 5.41) is 6.25. The minimum atomic E-state index is -0.257. The fraction of sp³-hybridized carbons (Fsp3) is 0.579. The number of carbonyl (C=O) groups is 2. The predicted octanol–water partition coefficient (Wildman–Crippen LogP) is 4.28. The van der Waals surface area contributed by atoms with Crippen molar-refractivity contribution in [2.45, 2.75) is 51.5 Å². The highest BCUT2D eigenvalue weighted by atomic mass is 35.5. The highest BCUT2D eigenvalue weighted by Gasteiger charge is 2.22. The van der Waals surface area contributed by atoms with E-state index < -0.39 is 0 Å². The Kier molecular flexibility index (Phi) is 5.84. The smallest absolute Gasteiger partial charge is 0.319 e. The number of amides is 3. The average Bonchev–Trinajstić information content (AvgIpc) is 3.13. The fourth-order valence-electron chi connectivity index (χ4n) is 3.61. The Balaban J connectivity index is 1.62. The van der Waals surface area contributed by atoms with Gasteiger partial charge in [0.1, 0.15) is 0 Å². The quantitative estimate of drug-likeness (QED) is 0.842. The molecule has 136 valence electrons. The summed E-state index contributed by atoms with van der Waals surface area (Å²) in [6, 6.07) is 5.01. The maximum absolute atomic E-state index is 12.5. The summed E-state index contributed by atoms with van der Waals surface area (Å²) in [5.41, 5.74) is 1.04. The zero-order valence-electron chi connectivity index (χ0n) is 14.7. The molecule has 6 heteroatoms. The molecule has 2 N–H and O–H groups in total. The second-order valence-corrected chi connectivity index (χ2v) is 7.66. The number of urea groups is 1. The standard InChI is InChI=1S/C19H26ClN3O2/c1-13-4-7-15(8-5-13)21-19(25)22-17-12-14(6-9-16(17)20)18(24)23-10-2-3-11-23/h6,9,12-13,15H,2-5,7-8,10-11H2,1H3,(H2,21,22,25). The van der Waals surface area contributed by atoms with Gasteiger partial charge in [-0.05, 0) is 62.6 Å². The van der Waals surface area contributed by atoms with Crippen molar-refractivity contribution in [1.29, 1.82) is 0 Å². The number of rotatable bonds is 3. The third kappa shape index (κ3) is 4.66. The fourth-order valence-corrected chi connectivity index (χ4v) is 3.77. The number of nitrogens with one attached hydrogen (secondary N) is 2. The van der Waals surface area contributed by atoms with Crippen LogP contribution in [0.15, 0.2) is 18.2 Å². The molecule has 1 saturated carbocycles. The molecule has 0 atom stereocenters. The van der Waals surface area contributed by atoms with Gasteiger partial charge in [0.25, 0.3) is 5.91 Å². The van der Waals surface area contributed by atoms with Crippen LogP contribution in [0.5, 0.6) is 0 Å². The molecule has 0 unspecified atom stereocenters. The molecule has 1 aliphatic carbocycles. The molecule has 1 aromatic rings. The van der Waals surface area contributed by atoms with Crippen molar-refractivity contribution in [2.24, 2.45) is 5.92 Å². The van der Waals surface area contributed by atoms with Gasteiger partial charge in [-0.15, -0.1) is 0 Å². The van der Waals surface area contributed by atoms with Crippen LogP contribution in [0.1, 0.15) is 55.8 Å². The van der Waals surface area contributed by atoms with Crippen molar-refractivity contribution in [1.82, 2.24) is 10.2 Å². The maximum Gasteiger partial charge on any atom is 0.319 e. The van der Waals surface area contributed by atoms with Crippen molar-refractivity contribution >= 4 is 29.2 Å². The van der Waals surface area contributed by atoms with Crippen LogP contribution in [0.4, 0.5) is 10.5 Å². The minimum absolute atomic E-state index is 0.00103. The van der Waals surface area contributed by atoms with Gasteiger partial charge >= 0.3 is 6.03 Å². The van der Waals surface area contributed by atoms with Crippen LogP contribution in [0.2, 0.25) is 5.02 Å². The van der Waals surface area contributed by atoms with E-state index in [0.717, 1.165) is 57.5 Å². The van der Waals surface area contributed by atoms with Crippen LogP contribution >= 0.6 is 11.6 Å². The molecular formula is C19H26ClN3O2. The van der Waals surface area contributed by atoms with Crippen molar-refractivity contribution < 1.29 is 9.59 Å². The van der Waals surface area contributed by atoms with E-state index in [1.807, 2.05) is 4.90 Å². The van der Waals surface area contributed by atoms with Crippen molar-refractivity contribution in [3.63, 3.8) is 0 Å². The molecule has 3 rings (SSSR count). The van der Waals surface area contributed by atoms with E-state index in [9.17, 15) is 9.59 Å². The Hall–Kier alpha value is -1.75. The maximum atomic E-state index is 12.5. The van der Waals surface area contributed by atoms with E-state index in [1.165, 1.54) is 0 Å². The number of hydrogen-bond acceptors (Lipinski definition) is 2. The third-order valence-electron chi connectivity index (χ3n) is 5.21. The summed E-state index contributed by atoms with van der Waals surface area (Å²) < 4.78 is 0. The Morgan fingerprint density at radius 1 is 1.12 bits per heavy atom. The highest BCUT2D eigenvalue weighted by molar-refractivity contribution is 6.33. The monoisotopic (exact) mass is 363 g/mol. The summed E-state index contributed by atoms with van der Waals surface area (Å²) in [7, 11) is 0. The largest absolute Gasteiger partial charge is 0.339 e. The van der Waals surface area contributed by atoms with Gasteiger partial charge in [0.05, 0.1) is 10.7 Å². The van der Waals surface area contributed by atoms with Crippen LogP contribution < -0.4 is 10.6 Å². The molecule has 2 aliphatic rings. The Morgan fingerprint density at radius 3 is 2.48 bits per heavy atom. The number of halogens is 1. The average molecular weight is 364 g/mol. The number of likely N-dealkylation sites (tertiary alicyclic amines) is 1. The molecule has 0 radical (unpaired) electrons. The zero-order valence-corrected chi connectivity index (χ0v) is 15.4. The van der Waals surface area contributed by atoms with E-state index >= 15 is 0 Å². The normalized spacial score (nSPS) is 23.4. The molecular weight excluding hydrogens is 338 g/mol. The van der Waals surface area contributed by atoms with Gasteiger partial charge in [0.15, 0.2) is 0 Å². The number of benzene rings is 1. The van der Waals surface area contributed by atoms with Gasteiger partial charge in [-0.25, -0.2) is 4.79 Å². The van der Waals surface area contributed by atoms with Gasteiger partial charge in [-0.1, -0.05) is 18.5 Å². The highest BCUT2D eigenvalue weighted by Crippen LogP contribution is 2.26. The first-order valence-electron chi connectivity index (χ1n) is 9.19. The van der Waals surface area contributed by atoms with E-state index in [-0.39, 0.29) is 18.0 Å². The predicted molar refractivity (Wildman–Crippen MR) is 100 cm³/mol. The summed E-state index contributed by atoms with van der Waals surface area (Å²) in [6.07, 6.45) is 6.41. The molecule has 1 heterocycles. The number of nitrogens with zero attached hydrogens (tertiary/aromatic N) is 1. The first-order valence-corrected chi connectivity index (χ1v) is 9.57. The Labute approximate surface area is 154 Å². The van der Waals surface area contributed by atoms with Gasteiger partial charge in [-0.3, -0.25) is 4.79 Å². The van der Waals surface area contributed by atoms with Gasteiger partial charge < -0.3 is 15.5 Å². The zero-order chi connectivity index (χ0) is 17.8. The molecule has 5 nitrogen and oxygen atoms in total. The molecule has 25 heavy (non-hydrogen) atoms. The van der Waals surface area contributed by atoms with Gasteiger partial charge in [0, 0.05) is 24.7 Å². The lowest BCUT2D eigenvalue weighted by Crippen LogP contribution is -2.40. The first-order chi connectivity index (χ1) is 12.0. The minimum Gasteiger partial charge on any atom is -0.339 e. The molecule has 1 saturated heterocycles. The first kappa shape index (κ1) is 18.1. The lowest BCUT2D eigenvalue weighted by molar-refractivity contribution is 0.0793. The molecule has 0 spiro atoms. The van der Waals surface area contributed by atoms with Crippen LogP contribution in [0.25, 0.3) is 0 Å². The second kappa shape index (κ2) is 8.09. The summed E-state index contributed by atoms with van der Waals surface area (Å²) in [4.78, 5) is 26.6. The van der Waals surface area contributed by atoms with Gasteiger partial charge in [0.2, 0.25) is 0 Å². The van der Waals surface area contributed by atoms with Crippen molar-refractivity contribution in [2.75, 3.05) is 18.4 Å². The summed E-state index contributed by atoms with van der Waals surface area (Å²) in [5.74, 6) is 0.739. The van der Waals surface area contributed by atoms with E-state index in [4.69, 9.17) is 11.6 Å². The lowest BCUT2D eigenvalue weighted by Gasteiger charge is -2.27. The molecule has 1 aliphatic heterocycles. The second-order valence-electron chi connectivity index (χ2n) is 7.25. The van der Waals surface area contributed by atoms with Crippen LogP contribution in [-0.4, -0.2) is 36.0 Å². The molecule has 3 amide bonds.